The Labute approximate surface area is 130 Å². The zero-order valence-electron chi connectivity index (χ0n) is 12.6. The molecule has 4 nitrogen and oxygen atoms in total. The Morgan fingerprint density at radius 2 is 2.10 bits per heavy atom. The molecule has 1 aromatic carbocycles. The lowest BCUT2D eigenvalue weighted by Crippen LogP contribution is -2.24. The normalized spacial score (nSPS) is 21.5. The van der Waals surface area contributed by atoms with Crippen molar-refractivity contribution in [3.63, 3.8) is 0 Å². The lowest BCUT2D eigenvalue weighted by Gasteiger charge is -2.25. The first-order valence-corrected chi connectivity index (χ1v) is 8.00. The number of anilines is 2. The van der Waals surface area contributed by atoms with Crippen LogP contribution in [-0.4, -0.2) is 26.5 Å². The predicted octanol–water partition coefficient (Wildman–Crippen LogP) is 3.18. The Hall–Kier alpha value is -1.26. The van der Waals surface area contributed by atoms with E-state index in [1.807, 2.05) is 12.1 Å². The highest BCUT2D eigenvalue weighted by molar-refractivity contribution is 6.33. The van der Waals surface area contributed by atoms with Gasteiger partial charge in [0.25, 0.3) is 0 Å². The largest absolute Gasteiger partial charge is 0.373 e. The van der Waals surface area contributed by atoms with Gasteiger partial charge in [0.2, 0.25) is 5.91 Å². The van der Waals surface area contributed by atoms with Crippen LogP contribution in [0.3, 0.4) is 0 Å². The molecule has 1 aliphatic carbocycles. The zero-order chi connectivity index (χ0) is 15.0. The van der Waals surface area contributed by atoms with Crippen LogP contribution in [0.4, 0.5) is 11.4 Å². The van der Waals surface area contributed by atoms with Crippen LogP contribution < -0.4 is 15.5 Å². The van der Waals surface area contributed by atoms with Crippen molar-refractivity contribution in [3.05, 3.63) is 22.7 Å². The first kappa shape index (κ1) is 14.7. The van der Waals surface area contributed by atoms with E-state index in [0.717, 1.165) is 29.4 Å². The molecule has 1 fully saturated rings. The van der Waals surface area contributed by atoms with Gasteiger partial charge in [0.1, 0.15) is 6.04 Å². The number of nitrogens with zero attached hydrogens (tertiary/aromatic N) is 1. The number of likely N-dealkylation sites (N-methyl/N-ethyl adjacent to an activating group) is 1. The number of carbonyl (C=O) groups excluding carboxylic acids is 1. The quantitative estimate of drug-likeness (QED) is 0.898. The van der Waals surface area contributed by atoms with Crippen molar-refractivity contribution in [2.24, 2.45) is 5.92 Å². The predicted molar refractivity (Wildman–Crippen MR) is 87.1 cm³/mol. The fourth-order valence-corrected chi connectivity index (χ4v) is 3.84. The van der Waals surface area contributed by atoms with Gasteiger partial charge < -0.3 is 15.5 Å². The zero-order valence-corrected chi connectivity index (χ0v) is 13.3. The van der Waals surface area contributed by atoms with Crippen LogP contribution in [-0.2, 0) is 4.79 Å². The van der Waals surface area contributed by atoms with Crippen LogP contribution in [0.2, 0.25) is 5.02 Å². The average molecular weight is 308 g/mol. The molecule has 1 unspecified atom stereocenters. The maximum atomic E-state index is 11.9. The summed E-state index contributed by atoms with van der Waals surface area (Å²) >= 11 is 6.45. The maximum Gasteiger partial charge on any atom is 0.246 e. The van der Waals surface area contributed by atoms with E-state index in [-0.39, 0.29) is 11.9 Å². The van der Waals surface area contributed by atoms with Crippen molar-refractivity contribution in [1.82, 2.24) is 5.32 Å². The number of fused-ring (bicyclic) bond motifs is 1. The molecule has 2 aliphatic rings. The summed E-state index contributed by atoms with van der Waals surface area (Å²) in [5, 5.41) is 6.66. The smallest absolute Gasteiger partial charge is 0.246 e. The SMILES string of the molecule is CNC1C(=O)Nc2cc(N(C)CC3CCCC3)c(Cl)cc21. The molecule has 1 aliphatic heterocycles. The van der Waals surface area contributed by atoms with Crippen LogP contribution >= 0.6 is 11.6 Å². The molecule has 0 saturated heterocycles. The molecule has 3 rings (SSSR count). The Kier molecular flexibility index (Phi) is 4.09. The molecule has 0 radical (unpaired) electrons. The second-order valence-corrected chi connectivity index (χ2v) is 6.54. The number of hydrogen-bond acceptors (Lipinski definition) is 3. The number of rotatable bonds is 4. The van der Waals surface area contributed by atoms with Gasteiger partial charge >= 0.3 is 0 Å². The summed E-state index contributed by atoms with van der Waals surface area (Å²) in [4.78, 5) is 14.1. The minimum Gasteiger partial charge on any atom is -0.373 e. The molecule has 114 valence electrons. The molecule has 1 aromatic rings. The third-order valence-electron chi connectivity index (χ3n) is 4.66. The molecule has 0 aromatic heterocycles. The lowest BCUT2D eigenvalue weighted by molar-refractivity contribution is -0.117. The van der Waals surface area contributed by atoms with Gasteiger partial charge in [-0.25, -0.2) is 0 Å². The molecule has 5 heteroatoms. The Morgan fingerprint density at radius 1 is 1.38 bits per heavy atom. The van der Waals surface area contributed by atoms with E-state index in [4.69, 9.17) is 11.6 Å². The minimum atomic E-state index is -0.299. The van der Waals surface area contributed by atoms with E-state index >= 15 is 0 Å². The van der Waals surface area contributed by atoms with Gasteiger partial charge in [0, 0.05) is 24.8 Å². The summed E-state index contributed by atoms with van der Waals surface area (Å²) in [6, 6.07) is 3.62. The molecular weight excluding hydrogens is 286 g/mol. The summed E-state index contributed by atoms with van der Waals surface area (Å²) in [5.41, 5.74) is 2.81. The van der Waals surface area contributed by atoms with Gasteiger partial charge in [-0.2, -0.15) is 0 Å². The van der Waals surface area contributed by atoms with E-state index in [9.17, 15) is 4.79 Å². The Balaban J connectivity index is 1.84. The van der Waals surface area contributed by atoms with Gasteiger partial charge in [0.05, 0.1) is 10.7 Å². The number of hydrogen-bond donors (Lipinski definition) is 2. The first-order valence-electron chi connectivity index (χ1n) is 7.63. The van der Waals surface area contributed by atoms with Crippen molar-refractivity contribution < 1.29 is 4.79 Å². The molecule has 2 N–H and O–H groups in total. The standard InChI is InChI=1S/C16H22ClN3O/c1-18-15-11-7-12(17)14(8-13(11)19-16(15)21)20(2)9-10-5-3-4-6-10/h7-8,10,15,18H,3-6,9H2,1-2H3,(H,19,21). The van der Waals surface area contributed by atoms with Crippen molar-refractivity contribution >= 4 is 28.9 Å². The summed E-state index contributed by atoms with van der Waals surface area (Å²) in [6.07, 6.45) is 5.31. The fourth-order valence-electron chi connectivity index (χ4n) is 3.53. The highest BCUT2D eigenvalue weighted by atomic mass is 35.5. The van der Waals surface area contributed by atoms with Crippen LogP contribution in [0.15, 0.2) is 12.1 Å². The van der Waals surface area contributed by atoms with E-state index in [2.05, 4.69) is 22.6 Å². The second-order valence-electron chi connectivity index (χ2n) is 6.13. The average Bonchev–Trinajstić information content (AvgIpc) is 3.04. The topological polar surface area (TPSA) is 44.4 Å². The van der Waals surface area contributed by atoms with E-state index < -0.39 is 0 Å². The molecule has 1 atom stereocenters. The Morgan fingerprint density at radius 3 is 2.76 bits per heavy atom. The molecular formula is C16H22ClN3O. The van der Waals surface area contributed by atoms with Crippen LogP contribution in [0.25, 0.3) is 0 Å². The summed E-state index contributed by atoms with van der Waals surface area (Å²) in [5.74, 6) is 0.748. The summed E-state index contributed by atoms with van der Waals surface area (Å²) in [7, 11) is 3.87. The van der Waals surface area contributed by atoms with Crippen molar-refractivity contribution in [2.45, 2.75) is 31.7 Å². The van der Waals surface area contributed by atoms with Gasteiger partial charge in [-0.3, -0.25) is 4.79 Å². The van der Waals surface area contributed by atoms with E-state index in [0.29, 0.717) is 5.02 Å². The number of amides is 1. The van der Waals surface area contributed by atoms with Gasteiger partial charge in [-0.1, -0.05) is 24.4 Å². The second kappa shape index (κ2) is 5.85. The van der Waals surface area contributed by atoms with Crippen molar-refractivity contribution in [2.75, 3.05) is 30.9 Å². The Bertz CT molecular complexity index is 555. The molecule has 0 spiro atoms. The fraction of sp³-hybridized carbons (Fsp3) is 0.562. The van der Waals surface area contributed by atoms with Gasteiger partial charge in [0.15, 0.2) is 0 Å². The highest BCUT2D eigenvalue weighted by Gasteiger charge is 2.30. The van der Waals surface area contributed by atoms with Crippen LogP contribution in [0.1, 0.15) is 37.3 Å². The van der Waals surface area contributed by atoms with E-state index in [1.54, 1.807) is 7.05 Å². The molecule has 1 saturated carbocycles. The lowest BCUT2D eigenvalue weighted by atomic mass is 10.1. The van der Waals surface area contributed by atoms with Gasteiger partial charge in [-0.15, -0.1) is 0 Å². The van der Waals surface area contributed by atoms with Crippen molar-refractivity contribution in [3.8, 4) is 0 Å². The molecule has 21 heavy (non-hydrogen) atoms. The van der Waals surface area contributed by atoms with E-state index in [1.165, 1.54) is 25.7 Å². The maximum absolute atomic E-state index is 11.9. The van der Waals surface area contributed by atoms with Crippen LogP contribution in [0.5, 0.6) is 0 Å². The first-order chi connectivity index (χ1) is 10.1. The third kappa shape index (κ3) is 2.74. The third-order valence-corrected chi connectivity index (χ3v) is 4.96. The summed E-state index contributed by atoms with van der Waals surface area (Å²) < 4.78 is 0. The van der Waals surface area contributed by atoms with Crippen LogP contribution in [0, 0.1) is 5.92 Å². The highest BCUT2D eigenvalue weighted by Crippen LogP contribution is 2.39. The number of halogens is 1. The van der Waals surface area contributed by atoms with Crippen molar-refractivity contribution in [1.29, 1.82) is 0 Å². The summed E-state index contributed by atoms with van der Waals surface area (Å²) in [6.45, 7) is 1.03. The number of benzene rings is 1. The number of nitrogens with one attached hydrogen (secondary N) is 2. The monoisotopic (exact) mass is 307 g/mol. The number of carbonyl (C=O) groups is 1. The molecule has 0 bridgehead atoms. The molecule has 1 heterocycles. The van der Waals surface area contributed by atoms with Gasteiger partial charge in [-0.05, 0) is 37.9 Å². The molecule has 1 amide bonds. The minimum absolute atomic E-state index is 0.0147.